The third kappa shape index (κ3) is 4.20. The number of likely N-dealkylation sites (tertiary alicyclic amines) is 1. The smallest absolute Gasteiger partial charge is 0.255 e. The standard InChI is InChI=1S/C23H23N5O2S/c1-15-24-21(27-30-15)14-31-20-11-5-2-8-17(20)23(29)28-12-6-7-16(13-28)22-25-18-9-3-4-10-19(18)26-22/h2-5,8-11,16H,6-7,12-14H2,1H3,(H,25,26). The number of carbonyl (C=O) groups excluding carboxylic acids is 1. The second kappa shape index (κ2) is 8.55. The number of thioether (sulfide) groups is 1. The predicted molar refractivity (Wildman–Crippen MR) is 119 cm³/mol. The van der Waals surface area contributed by atoms with Crippen LogP contribution in [0.4, 0.5) is 0 Å². The highest BCUT2D eigenvalue weighted by atomic mass is 32.2. The van der Waals surface area contributed by atoms with Crippen LogP contribution in [-0.4, -0.2) is 44.0 Å². The Morgan fingerprint density at radius 3 is 2.87 bits per heavy atom. The molecule has 3 heterocycles. The van der Waals surface area contributed by atoms with Crippen LogP contribution in [0.25, 0.3) is 11.0 Å². The van der Waals surface area contributed by atoms with Gasteiger partial charge in [-0.3, -0.25) is 4.79 Å². The molecule has 2 aromatic heterocycles. The largest absolute Gasteiger partial charge is 0.342 e. The lowest BCUT2D eigenvalue weighted by molar-refractivity contribution is 0.0701. The highest BCUT2D eigenvalue weighted by molar-refractivity contribution is 7.98. The number of imidazole rings is 1. The Kier molecular flexibility index (Phi) is 5.46. The van der Waals surface area contributed by atoms with Gasteiger partial charge in [0.15, 0.2) is 5.82 Å². The summed E-state index contributed by atoms with van der Waals surface area (Å²) in [5.74, 6) is 2.98. The molecule has 1 saturated heterocycles. The number of benzene rings is 2. The van der Waals surface area contributed by atoms with Crippen LogP contribution in [0.1, 0.15) is 46.7 Å². The van der Waals surface area contributed by atoms with Crippen molar-refractivity contribution in [3.63, 3.8) is 0 Å². The number of aromatic nitrogens is 4. The summed E-state index contributed by atoms with van der Waals surface area (Å²) in [4.78, 5) is 28.8. The second-order valence-corrected chi connectivity index (χ2v) is 8.76. The van der Waals surface area contributed by atoms with Crippen LogP contribution in [-0.2, 0) is 5.75 Å². The first-order chi connectivity index (χ1) is 15.2. The predicted octanol–water partition coefficient (Wildman–Crippen LogP) is 4.57. The molecule has 5 rings (SSSR count). The van der Waals surface area contributed by atoms with Gasteiger partial charge in [0.05, 0.1) is 22.3 Å². The molecule has 1 amide bonds. The molecular weight excluding hydrogens is 410 g/mol. The number of hydrogen-bond acceptors (Lipinski definition) is 6. The number of aromatic amines is 1. The minimum atomic E-state index is 0.0632. The van der Waals surface area contributed by atoms with Crippen LogP contribution < -0.4 is 0 Å². The lowest BCUT2D eigenvalue weighted by Gasteiger charge is -2.32. The quantitative estimate of drug-likeness (QED) is 0.464. The van der Waals surface area contributed by atoms with Gasteiger partial charge in [0.1, 0.15) is 5.82 Å². The minimum Gasteiger partial charge on any atom is -0.342 e. The van der Waals surface area contributed by atoms with E-state index in [-0.39, 0.29) is 11.8 Å². The van der Waals surface area contributed by atoms with Crippen molar-refractivity contribution in [2.24, 2.45) is 0 Å². The van der Waals surface area contributed by atoms with E-state index < -0.39 is 0 Å². The molecule has 1 aliphatic heterocycles. The molecule has 1 N–H and O–H groups in total. The average Bonchev–Trinajstić information content (AvgIpc) is 3.43. The summed E-state index contributed by atoms with van der Waals surface area (Å²) in [5, 5.41) is 3.94. The Morgan fingerprint density at radius 2 is 2.03 bits per heavy atom. The molecule has 158 valence electrons. The van der Waals surface area contributed by atoms with Crippen LogP contribution in [0, 0.1) is 6.92 Å². The number of para-hydroxylation sites is 2. The van der Waals surface area contributed by atoms with Gasteiger partial charge in [-0.1, -0.05) is 29.4 Å². The molecular formula is C23H23N5O2S. The zero-order chi connectivity index (χ0) is 21.2. The molecule has 0 radical (unpaired) electrons. The Labute approximate surface area is 184 Å². The van der Waals surface area contributed by atoms with E-state index in [0.29, 0.717) is 24.0 Å². The summed E-state index contributed by atoms with van der Waals surface area (Å²) < 4.78 is 5.04. The van der Waals surface area contributed by atoms with E-state index in [2.05, 4.69) is 15.1 Å². The number of nitrogens with zero attached hydrogens (tertiary/aromatic N) is 4. The molecule has 1 atom stereocenters. The lowest BCUT2D eigenvalue weighted by Crippen LogP contribution is -2.39. The third-order valence-corrected chi connectivity index (χ3v) is 6.62. The first-order valence-corrected chi connectivity index (χ1v) is 11.4. The average molecular weight is 434 g/mol. The van der Waals surface area contributed by atoms with Crippen molar-refractivity contribution in [1.29, 1.82) is 0 Å². The molecule has 0 saturated carbocycles. The van der Waals surface area contributed by atoms with Crippen molar-refractivity contribution in [2.75, 3.05) is 13.1 Å². The fourth-order valence-electron chi connectivity index (χ4n) is 4.03. The summed E-state index contributed by atoms with van der Waals surface area (Å²) in [7, 11) is 0. The van der Waals surface area contributed by atoms with E-state index in [4.69, 9.17) is 9.51 Å². The first-order valence-electron chi connectivity index (χ1n) is 10.4. The van der Waals surface area contributed by atoms with Crippen molar-refractivity contribution in [3.05, 3.63) is 71.6 Å². The highest BCUT2D eigenvalue weighted by Crippen LogP contribution is 2.30. The number of hydrogen-bond donors (Lipinski definition) is 1. The van der Waals surface area contributed by atoms with Gasteiger partial charge in [-0.15, -0.1) is 11.8 Å². The fraction of sp³-hybridized carbons (Fsp3) is 0.304. The van der Waals surface area contributed by atoms with Gasteiger partial charge in [-0.2, -0.15) is 4.98 Å². The van der Waals surface area contributed by atoms with Gasteiger partial charge in [0.2, 0.25) is 5.89 Å². The summed E-state index contributed by atoms with van der Waals surface area (Å²) >= 11 is 1.55. The number of amides is 1. The molecule has 4 aromatic rings. The van der Waals surface area contributed by atoms with Gasteiger partial charge in [0.25, 0.3) is 5.91 Å². The Morgan fingerprint density at radius 1 is 1.19 bits per heavy atom. The van der Waals surface area contributed by atoms with E-state index >= 15 is 0 Å². The Hall–Kier alpha value is -3.13. The summed E-state index contributed by atoms with van der Waals surface area (Å²) in [6.07, 6.45) is 1.99. The van der Waals surface area contributed by atoms with Crippen molar-refractivity contribution in [2.45, 2.75) is 36.3 Å². The first kappa shape index (κ1) is 19.8. The molecule has 1 fully saturated rings. The Balaban J connectivity index is 1.32. The molecule has 7 nitrogen and oxygen atoms in total. The Bertz CT molecular complexity index is 1180. The number of fused-ring (bicyclic) bond motifs is 1. The van der Waals surface area contributed by atoms with Gasteiger partial charge in [0, 0.05) is 30.8 Å². The van der Waals surface area contributed by atoms with Crippen LogP contribution in [0.5, 0.6) is 0 Å². The number of aryl methyl sites for hydroxylation is 1. The number of H-pyrrole nitrogens is 1. The van der Waals surface area contributed by atoms with Gasteiger partial charge in [-0.05, 0) is 37.1 Å². The zero-order valence-corrected chi connectivity index (χ0v) is 18.1. The van der Waals surface area contributed by atoms with Crippen molar-refractivity contribution >= 4 is 28.7 Å². The van der Waals surface area contributed by atoms with E-state index in [1.54, 1.807) is 18.7 Å². The van der Waals surface area contributed by atoms with Crippen molar-refractivity contribution in [3.8, 4) is 0 Å². The van der Waals surface area contributed by atoms with Crippen LogP contribution in [0.3, 0.4) is 0 Å². The van der Waals surface area contributed by atoms with Crippen molar-refractivity contribution < 1.29 is 9.32 Å². The van der Waals surface area contributed by atoms with Gasteiger partial charge >= 0.3 is 0 Å². The van der Waals surface area contributed by atoms with Crippen LogP contribution >= 0.6 is 11.8 Å². The molecule has 1 unspecified atom stereocenters. The topological polar surface area (TPSA) is 87.9 Å². The van der Waals surface area contributed by atoms with Gasteiger partial charge < -0.3 is 14.4 Å². The van der Waals surface area contributed by atoms with E-state index in [9.17, 15) is 4.79 Å². The van der Waals surface area contributed by atoms with E-state index in [1.165, 1.54) is 0 Å². The third-order valence-electron chi connectivity index (χ3n) is 5.55. The number of piperidine rings is 1. The monoisotopic (exact) mass is 433 g/mol. The minimum absolute atomic E-state index is 0.0632. The maximum atomic E-state index is 13.4. The summed E-state index contributed by atoms with van der Waals surface area (Å²) in [6.45, 7) is 3.20. The van der Waals surface area contributed by atoms with E-state index in [0.717, 1.165) is 46.7 Å². The fourth-order valence-corrected chi connectivity index (χ4v) is 4.92. The summed E-state index contributed by atoms with van der Waals surface area (Å²) in [6, 6.07) is 15.8. The number of nitrogens with one attached hydrogen (secondary N) is 1. The lowest BCUT2D eigenvalue weighted by atomic mass is 9.96. The molecule has 1 aliphatic rings. The van der Waals surface area contributed by atoms with Crippen LogP contribution in [0.15, 0.2) is 57.9 Å². The highest BCUT2D eigenvalue weighted by Gasteiger charge is 2.28. The normalized spacial score (nSPS) is 16.7. The molecule has 0 spiro atoms. The second-order valence-electron chi connectivity index (χ2n) is 7.74. The van der Waals surface area contributed by atoms with E-state index in [1.807, 2.05) is 53.4 Å². The molecule has 31 heavy (non-hydrogen) atoms. The molecule has 8 heteroatoms. The number of carbonyl (C=O) groups is 1. The zero-order valence-electron chi connectivity index (χ0n) is 17.2. The summed E-state index contributed by atoms with van der Waals surface area (Å²) in [5.41, 5.74) is 2.73. The maximum Gasteiger partial charge on any atom is 0.255 e. The van der Waals surface area contributed by atoms with Crippen LogP contribution in [0.2, 0.25) is 0 Å². The molecule has 0 bridgehead atoms. The van der Waals surface area contributed by atoms with Gasteiger partial charge in [-0.25, -0.2) is 4.98 Å². The maximum absolute atomic E-state index is 13.4. The SMILES string of the molecule is Cc1nc(CSc2ccccc2C(=O)N2CCCC(c3nc4ccccc4[nH]3)C2)no1. The molecule has 2 aromatic carbocycles. The molecule has 0 aliphatic carbocycles. The van der Waals surface area contributed by atoms with Crippen molar-refractivity contribution in [1.82, 2.24) is 25.0 Å². The number of rotatable bonds is 5.